The van der Waals surface area contributed by atoms with Gasteiger partial charge in [0.25, 0.3) is 0 Å². The van der Waals surface area contributed by atoms with Crippen molar-refractivity contribution in [3.05, 3.63) is 12.3 Å². The molecule has 0 spiro atoms. The number of hydrogen-bond donors (Lipinski definition) is 1. The lowest BCUT2D eigenvalue weighted by molar-refractivity contribution is -0.133. The predicted molar refractivity (Wildman–Crippen MR) is 66.3 cm³/mol. The van der Waals surface area contributed by atoms with E-state index in [0.717, 1.165) is 17.5 Å². The van der Waals surface area contributed by atoms with Crippen molar-refractivity contribution in [1.29, 1.82) is 0 Å². The number of carboxylic acids is 1. The number of aliphatic carboxylic acids is 1. The Labute approximate surface area is 108 Å². The quantitative estimate of drug-likeness (QED) is 0.809. The summed E-state index contributed by atoms with van der Waals surface area (Å²) >= 11 is 1.16. The van der Waals surface area contributed by atoms with Crippen LogP contribution < -0.4 is 0 Å². The third-order valence-corrected chi connectivity index (χ3v) is 3.25. The SMILES string of the molecule is CCn1c(SCC(=O)O)nnc1-c1ccn(C)n1. The minimum absolute atomic E-state index is 0.0274. The molecule has 0 saturated heterocycles. The molecule has 0 amide bonds. The van der Waals surface area contributed by atoms with Crippen molar-refractivity contribution in [1.82, 2.24) is 24.5 Å². The Balaban J connectivity index is 2.29. The third-order valence-electron chi connectivity index (χ3n) is 2.30. The van der Waals surface area contributed by atoms with Crippen molar-refractivity contribution in [3.8, 4) is 11.5 Å². The molecule has 0 aliphatic rings. The van der Waals surface area contributed by atoms with Crippen LogP contribution in [-0.4, -0.2) is 41.4 Å². The highest BCUT2D eigenvalue weighted by Crippen LogP contribution is 2.22. The minimum Gasteiger partial charge on any atom is -0.481 e. The second-order valence-electron chi connectivity index (χ2n) is 3.61. The lowest BCUT2D eigenvalue weighted by Gasteiger charge is -2.04. The molecule has 0 aliphatic heterocycles. The topological polar surface area (TPSA) is 85.8 Å². The number of aromatic nitrogens is 5. The molecular formula is C10H13N5O2S. The van der Waals surface area contributed by atoms with Crippen LogP contribution in [0.5, 0.6) is 0 Å². The summed E-state index contributed by atoms with van der Waals surface area (Å²) in [6.07, 6.45) is 1.83. The molecule has 2 rings (SSSR count). The molecule has 0 bridgehead atoms. The Bertz CT molecular complexity index is 562. The summed E-state index contributed by atoms with van der Waals surface area (Å²) in [4.78, 5) is 10.6. The van der Waals surface area contributed by atoms with Gasteiger partial charge in [0.05, 0.1) is 5.75 Å². The van der Waals surface area contributed by atoms with Crippen molar-refractivity contribution >= 4 is 17.7 Å². The summed E-state index contributed by atoms with van der Waals surface area (Å²) in [6, 6.07) is 1.85. The van der Waals surface area contributed by atoms with E-state index in [1.54, 1.807) is 4.68 Å². The second kappa shape index (κ2) is 5.21. The first-order chi connectivity index (χ1) is 8.61. The molecule has 2 heterocycles. The maximum Gasteiger partial charge on any atom is 0.313 e. The highest BCUT2D eigenvalue weighted by Gasteiger charge is 2.15. The molecule has 96 valence electrons. The fourth-order valence-electron chi connectivity index (χ4n) is 1.53. The number of aryl methyl sites for hydroxylation is 1. The molecule has 0 atom stereocenters. The Hall–Kier alpha value is -1.83. The zero-order chi connectivity index (χ0) is 13.1. The van der Waals surface area contributed by atoms with Crippen LogP contribution in [-0.2, 0) is 18.4 Å². The summed E-state index contributed by atoms with van der Waals surface area (Å²) < 4.78 is 3.55. The van der Waals surface area contributed by atoms with Gasteiger partial charge in [-0.3, -0.25) is 9.48 Å². The van der Waals surface area contributed by atoms with Gasteiger partial charge < -0.3 is 9.67 Å². The summed E-state index contributed by atoms with van der Waals surface area (Å²) in [5.41, 5.74) is 0.731. The van der Waals surface area contributed by atoms with E-state index >= 15 is 0 Å². The van der Waals surface area contributed by atoms with Gasteiger partial charge in [0, 0.05) is 19.8 Å². The van der Waals surface area contributed by atoms with Gasteiger partial charge in [0.15, 0.2) is 11.0 Å². The number of rotatable bonds is 5. The lowest BCUT2D eigenvalue weighted by atomic mass is 10.4. The molecule has 8 heteroatoms. The number of hydrogen-bond acceptors (Lipinski definition) is 5. The van der Waals surface area contributed by atoms with Gasteiger partial charge in [-0.05, 0) is 13.0 Å². The van der Waals surface area contributed by atoms with Crippen LogP contribution in [0.15, 0.2) is 17.4 Å². The van der Waals surface area contributed by atoms with Gasteiger partial charge in [-0.15, -0.1) is 10.2 Å². The van der Waals surface area contributed by atoms with E-state index in [2.05, 4.69) is 15.3 Å². The number of nitrogens with zero attached hydrogens (tertiary/aromatic N) is 5. The van der Waals surface area contributed by atoms with Crippen LogP contribution in [0.4, 0.5) is 0 Å². The van der Waals surface area contributed by atoms with Crippen LogP contribution in [0, 0.1) is 0 Å². The van der Waals surface area contributed by atoms with E-state index in [9.17, 15) is 4.79 Å². The highest BCUT2D eigenvalue weighted by atomic mass is 32.2. The first kappa shape index (κ1) is 12.6. The molecular weight excluding hydrogens is 254 g/mol. The number of carboxylic acid groups (broad SMARTS) is 1. The molecule has 0 aromatic carbocycles. The Morgan fingerprint density at radius 2 is 2.28 bits per heavy atom. The van der Waals surface area contributed by atoms with Gasteiger partial charge in [-0.1, -0.05) is 11.8 Å². The molecule has 1 N–H and O–H groups in total. The van der Waals surface area contributed by atoms with E-state index < -0.39 is 5.97 Å². The van der Waals surface area contributed by atoms with E-state index in [4.69, 9.17) is 5.11 Å². The minimum atomic E-state index is -0.870. The number of carbonyl (C=O) groups is 1. The van der Waals surface area contributed by atoms with Crippen molar-refractivity contribution < 1.29 is 9.90 Å². The summed E-state index contributed by atoms with van der Waals surface area (Å²) in [5.74, 6) is -0.239. The summed E-state index contributed by atoms with van der Waals surface area (Å²) in [7, 11) is 1.83. The monoisotopic (exact) mass is 267 g/mol. The zero-order valence-corrected chi connectivity index (χ0v) is 10.9. The largest absolute Gasteiger partial charge is 0.481 e. The first-order valence-electron chi connectivity index (χ1n) is 5.39. The molecule has 0 unspecified atom stereocenters. The zero-order valence-electron chi connectivity index (χ0n) is 10.1. The van der Waals surface area contributed by atoms with Gasteiger partial charge >= 0.3 is 5.97 Å². The molecule has 7 nitrogen and oxygen atoms in total. The molecule has 0 aliphatic carbocycles. The van der Waals surface area contributed by atoms with Gasteiger partial charge in [-0.2, -0.15) is 5.10 Å². The van der Waals surface area contributed by atoms with Crippen molar-refractivity contribution in [2.75, 3.05) is 5.75 Å². The van der Waals surface area contributed by atoms with Crippen LogP contribution in [0.25, 0.3) is 11.5 Å². The molecule has 2 aromatic rings. The maximum atomic E-state index is 10.6. The Morgan fingerprint density at radius 1 is 1.50 bits per heavy atom. The lowest BCUT2D eigenvalue weighted by Crippen LogP contribution is -2.03. The normalized spacial score (nSPS) is 10.8. The second-order valence-corrected chi connectivity index (χ2v) is 4.55. The van der Waals surface area contributed by atoms with Crippen LogP contribution in [0.2, 0.25) is 0 Å². The van der Waals surface area contributed by atoms with E-state index in [0.29, 0.717) is 17.5 Å². The maximum absolute atomic E-state index is 10.6. The average Bonchev–Trinajstić information content (AvgIpc) is 2.91. The average molecular weight is 267 g/mol. The fourth-order valence-corrected chi connectivity index (χ4v) is 2.25. The Kier molecular flexibility index (Phi) is 3.66. The van der Waals surface area contributed by atoms with Crippen molar-refractivity contribution in [3.63, 3.8) is 0 Å². The first-order valence-corrected chi connectivity index (χ1v) is 6.38. The van der Waals surface area contributed by atoms with Crippen molar-refractivity contribution in [2.45, 2.75) is 18.6 Å². The standard InChI is InChI=1S/C10H13N5O2S/c1-3-15-9(7-4-5-14(2)13-7)11-12-10(15)18-6-8(16)17/h4-5H,3,6H2,1-2H3,(H,16,17). The molecule has 0 saturated carbocycles. The number of thioether (sulfide) groups is 1. The van der Waals surface area contributed by atoms with Crippen LogP contribution in [0.3, 0.4) is 0 Å². The molecule has 2 aromatic heterocycles. The van der Waals surface area contributed by atoms with Gasteiger partial charge in [-0.25, -0.2) is 0 Å². The summed E-state index contributed by atoms with van der Waals surface area (Å²) in [6.45, 7) is 2.63. The highest BCUT2D eigenvalue weighted by molar-refractivity contribution is 7.99. The third kappa shape index (κ3) is 2.53. The van der Waals surface area contributed by atoms with Crippen LogP contribution in [0.1, 0.15) is 6.92 Å². The molecule has 0 radical (unpaired) electrons. The fraction of sp³-hybridized carbons (Fsp3) is 0.400. The predicted octanol–water partition coefficient (Wildman–Crippen LogP) is 0.875. The summed E-state index contributed by atoms with van der Waals surface area (Å²) in [5, 5.41) is 21.6. The Morgan fingerprint density at radius 3 is 2.83 bits per heavy atom. The van der Waals surface area contributed by atoms with Gasteiger partial charge in [0.2, 0.25) is 0 Å². The molecule has 0 fully saturated rings. The van der Waals surface area contributed by atoms with Gasteiger partial charge in [0.1, 0.15) is 5.69 Å². The van der Waals surface area contributed by atoms with E-state index in [1.165, 1.54) is 0 Å². The smallest absolute Gasteiger partial charge is 0.313 e. The van der Waals surface area contributed by atoms with Crippen LogP contribution >= 0.6 is 11.8 Å². The van der Waals surface area contributed by atoms with E-state index in [-0.39, 0.29) is 5.75 Å². The van der Waals surface area contributed by atoms with Crippen molar-refractivity contribution in [2.24, 2.45) is 7.05 Å². The van der Waals surface area contributed by atoms with E-state index in [1.807, 2.05) is 30.8 Å². The molecule has 18 heavy (non-hydrogen) atoms.